The van der Waals surface area contributed by atoms with Crippen LogP contribution in [0.25, 0.3) is 0 Å². The Hall–Kier alpha value is -3.55. The summed E-state index contributed by atoms with van der Waals surface area (Å²) in [7, 11) is 0. The lowest BCUT2D eigenvalue weighted by Gasteiger charge is -2.21. The zero-order valence-electron chi connectivity index (χ0n) is 20.3. The highest BCUT2D eigenvalue weighted by atomic mass is 16.5. The molecule has 0 spiro atoms. The Bertz CT molecular complexity index is 945. The minimum absolute atomic E-state index is 0.296. The molecular formula is C26H34N2O6. The van der Waals surface area contributed by atoms with Gasteiger partial charge >= 0.3 is 5.97 Å². The van der Waals surface area contributed by atoms with Crippen LogP contribution in [0.2, 0.25) is 0 Å². The zero-order chi connectivity index (χ0) is 24.9. The van der Waals surface area contributed by atoms with Crippen molar-refractivity contribution in [2.75, 3.05) is 13.2 Å². The van der Waals surface area contributed by atoms with Crippen LogP contribution in [-0.2, 0) is 14.3 Å². The van der Waals surface area contributed by atoms with Crippen LogP contribution in [0.3, 0.4) is 0 Å². The lowest BCUT2D eigenvalue weighted by atomic mass is 9.98. The highest BCUT2D eigenvalue weighted by Gasteiger charge is 2.21. The minimum atomic E-state index is -0.758. The van der Waals surface area contributed by atoms with E-state index in [9.17, 15) is 14.4 Å². The highest BCUT2D eigenvalue weighted by Crippen LogP contribution is 2.29. The molecular weight excluding hydrogens is 436 g/mol. The summed E-state index contributed by atoms with van der Waals surface area (Å²) in [6.07, 6.45) is 1.37. The number of ether oxygens (including phenoxy) is 3. The van der Waals surface area contributed by atoms with E-state index in [4.69, 9.17) is 14.2 Å². The maximum absolute atomic E-state index is 12.5. The number of carbonyl (C=O) groups excluding carboxylic acids is 3. The Morgan fingerprint density at radius 3 is 2.26 bits per heavy atom. The van der Waals surface area contributed by atoms with Gasteiger partial charge in [-0.1, -0.05) is 45.9 Å². The summed E-state index contributed by atoms with van der Waals surface area (Å²) in [5, 5.41) is 0. The summed E-state index contributed by atoms with van der Waals surface area (Å²) in [6, 6.07) is 13.9. The molecule has 2 atom stereocenters. The molecule has 0 aliphatic rings. The number of hydrazine groups is 1. The molecule has 0 saturated carbocycles. The van der Waals surface area contributed by atoms with E-state index in [2.05, 4.69) is 24.7 Å². The lowest BCUT2D eigenvalue weighted by Crippen LogP contribution is -2.49. The molecule has 0 bridgehead atoms. The summed E-state index contributed by atoms with van der Waals surface area (Å²) in [5.74, 6) is -0.0298. The van der Waals surface area contributed by atoms with Crippen LogP contribution in [0.4, 0.5) is 0 Å². The first-order valence-corrected chi connectivity index (χ1v) is 11.6. The third-order valence-electron chi connectivity index (χ3n) is 5.22. The number of nitrogens with one attached hydrogen (secondary N) is 2. The Morgan fingerprint density at radius 2 is 1.62 bits per heavy atom. The van der Waals surface area contributed by atoms with Gasteiger partial charge in [0.15, 0.2) is 12.7 Å². The van der Waals surface area contributed by atoms with Crippen LogP contribution in [0, 0.1) is 0 Å². The number of para-hydroxylation sites is 1. The van der Waals surface area contributed by atoms with Gasteiger partial charge in [-0.2, -0.15) is 0 Å². The van der Waals surface area contributed by atoms with Crippen LogP contribution in [0.15, 0.2) is 48.5 Å². The molecule has 184 valence electrons. The Morgan fingerprint density at radius 1 is 0.912 bits per heavy atom. The van der Waals surface area contributed by atoms with Crippen LogP contribution in [0.1, 0.15) is 68.8 Å². The molecule has 8 nitrogen and oxygen atoms in total. The summed E-state index contributed by atoms with van der Waals surface area (Å²) in [6.45, 7) is 8.00. The van der Waals surface area contributed by atoms with E-state index in [-0.39, 0.29) is 6.61 Å². The third-order valence-corrected chi connectivity index (χ3v) is 5.22. The van der Waals surface area contributed by atoms with Gasteiger partial charge < -0.3 is 14.2 Å². The molecule has 0 heterocycles. The van der Waals surface area contributed by atoms with E-state index in [0.29, 0.717) is 36.0 Å². The third kappa shape index (κ3) is 8.10. The summed E-state index contributed by atoms with van der Waals surface area (Å²) < 4.78 is 16.4. The number of carbonyl (C=O) groups is 3. The Kier molecular flexibility index (Phi) is 10.9. The predicted molar refractivity (Wildman–Crippen MR) is 129 cm³/mol. The van der Waals surface area contributed by atoms with E-state index >= 15 is 0 Å². The van der Waals surface area contributed by atoms with Crippen molar-refractivity contribution in [1.29, 1.82) is 0 Å². The van der Waals surface area contributed by atoms with Crippen LogP contribution in [-0.4, -0.2) is 37.1 Å². The fourth-order valence-electron chi connectivity index (χ4n) is 3.05. The predicted octanol–water partition coefficient (Wildman–Crippen LogP) is 4.15. The fourth-order valence-corrected chi connectivity index (χ4v) is 3.05. The number of rotatable bonds is 12. The average Bonchev–Trinajstić information content (AvgIpc) is 2.87. The van der Waals surface area contributed by atoms with Crippen molar-refractivity contribution >= 4 is 17.8 Å². The second-order valence-electron chi connectivity index (χ2n) is 7.85. The van der Waals surface area contributed by atoms with Crippen molar-refractivity contribution in [2.45, 2.75) is 59.0 Å². The van der Waals surface area contributed by atoms with Crippen molar-refractivity contribution in [3.05, 3.63) is 59.7 Å². The molecule has 2 rings (SSSR count). The van der Waals surface area contributed by atoms with Crippen molar-refractivity contribution in [3.8, 4) is 11.5 Å². The van der Waals surface area contributed by atoms with Crippen molar-refractivity contribution in [2.24, 2.45) is 0 Å². The van der Waals surface area contributed by atoms with Gasteiger partial charge in [0, 0.05) is 0 Å². The van der Waals surface area contributed by atoms with Gasteiger partial charge in [-0.15, -0.1) is 0 Å². The van der Waals surface area contributed by atoms with E-state index in [1.165, 1.54) is 0 Å². The number of benzene rings is 2. The second kappa shape index (κ2) is 13.9. The summed E-state index contributed by atoms with van der Waals surface area (Å²) in [5.41, 5.74) is 6.17. The number of hydrogen-bond donors (Lipinski definition) is 2. The van der Waals surface area contributed by atoms with E-state index in [0.717, 1.165) is 18.4 Å². The molecule has 0 fully saturated rings. The maximum atomic E-state index is 12.5. The molecule has 2 amide bonds. The van der Waals surface area contributed by atoms with Crippen molar-refractivity contribution in [3.63, 3.8) is 0 Å². The largest absolute Gasteiger partial charge is 0.484 e. The average molecular weight is 471 g/mol. The Balaban J connectivity index is 1.83. The minimum Gasteiger partial charge on any atom is -0.484 e. The summed E-state index contributed by atoms with van der Waals surface area (Å²) >= 11 is 0. The SMILES string of the molecule is CCCOC(=O)c1ccc(OCC(=O)NNC(=O)C(CC)Oc2ccccc2C(C)CC)cc1. The normalized spacial score (nSPS) is 12.2. The number of esters is 1. The molecule has 8 heteroatoms. The standard InChI is InChI=1S/C26H34N2O6/c1-5-16-32-26(31)19-12-14-20(15-13-19)33-17-24(29)27-28-25(30)22(7-3)34-23-11-9-8-10-21(23)18(4)6-2/h8-15,18,22H,5-7,16-17H2,1-4H3,(H,27,29)(H,28,30). The molecule has 34 heavy (non-hydrogen) atoms. The van der Waals surface area contributed by atoms with Crippen molar-refractivity contribution < 1.29 is 28.6 Å². The smallest absolute Gasteiger partial charge is 0.338 e. The molecule has 2 N–H and O–H groups in total. The first kappa shape index (κ1) is 26.7. The van der Waals surface area contributed by atoms with E-state index < -0.39 is 23.9 Å². The molecule has 0 aromatic heterocycles. The topological polar surface area (TPSA) is 103 Å². The van der Waals surface area contributed by atoms with Crippen LogP contribution in [0.5, 0.6) is 11.5 Å². The maximum Gasteiger partial charge on any atom is 0.338 e. The molecule has 2 unspecified atom stereocenters. The van der Waals surface area contributed by atoms with Crippen molar-refractivity contribution in [1.82, 2.24) is 10.9 Å². The molecule has 0 aliphatic heterocycles. The van der Waals surface area contributed by atoms with Gasteiger partial charge in [0.1, 0.15) is 11.5 Å². The van der Waals surface area contributed by atoms with E-state index in [1.54, 1.807) is 24.3 Å². The first-order chi connectivity index (χ1) is 16.4. The lowest BCUT2D eigenvalue weighted by molar-refractivity contribution is -0.134. The van der Waals surface area contributed by atoms with Gasteiger partial charge in [-0.3, -0.25) is 20.4 Å². The second-order valence-corrected chi connectivity index (χ2v) is 7.85. The van der Waals surface area contributed by atoms with Crippen LogP contribution >= 0.6 is 0 Å². The fraction of sp³-hybridized carbons (Fsp3) is 0.423. The number of hydrogen-bond acceptors (Lipinski definition) is 6. The molecule has 2 aromatic carbocycles. The molecule has 0 radical (unpaired) electrons. The van der Waals surface area contributed by atoms with Crippen LogP contribution < -0.4 is 20.3 Å². The molecule has 0 saturated heterocycles. The number of amides is 2. The van der Waals surface area contributed by atoms with E-state index in [1.807, 2.05) is 38.1 Å². The monoisotopic (exact) mass is 470 g/mol. The molecule has 0 aliphatic carbocycles. The van der Waals surface area contributed by atoms with Gasteiger partial charge in [0.25, 0.3) is 11.8 Å². The highest BCUT2D eigenvalue weighted by molar-refractivity contribution is 5.89. The van der Waals surface area contributed by atoms with Gasteiger partial charge in [-0.05, 0) is 61.1 Å². The van der Waals surface area contributed by atoms with Gasteiger partial charge in [0.2, 0.25) is 0 Å². The zero-order valence-corrected chi connectivity index (χ0v) is 20.3. The molecule has 2 aromatic rings. The first-order valence-electron chi connectivity index (χ1n) is 11.6. The van der Waals surface area contributed by atoms with Gasteiger partial charge in [-0.25, -0.2) is 4.79 Å². The summed E-state index contributed by atoms with van der Waals surface area (Å²) in [4.78, 5) is 36.5. The quantitative estimate of drug-likeness (QED) is 0.357. The Labute approximate surface area is 200 Å². The van der Waals surface area contributed by atoms with Gasteiger partial charge in [0.05, 0.1) is 12.2 Å².